The highest BCUT2D eigenvalue weighted by atomic mass is 15.3. The van der Waals surface area contributed by atoms with Crippen LogP contribution in [0.15, 0.2) is 30.5 Å². The lowest BCUT2D eigenvalue weighted by Gasteiger charge is -2.47. The van der Waals surface area contributed by atoms with Crippen LogP contribution in [0.3, 0.4) is 0 Å². The van der Waals surface area contributed by atoms with Crippen molar-refractivity contribution in [1.82, 2.24) is 9.47 Å². The Labute approximate surface area is 196 Å². The number of likely N-dealkylation sites (N-methyl/N-ethyl adjacent to an activating group) is 1. The van der Waals surface area contributed by atoms with Crippen LogP contribution in [0.25, 0.3) is 0 Å². The third kappa shape index (κ3) is 4.31. The number of hydrogen-bond donors (Lipinski definition) is 0. The summed E-state index contributed by atoms with van der Waals surface area (Å²) in [7, 11) is 2.31. The summed E-state index contributed by atoms with van der Waals surface area (Å²) in [6, 6.07) is 11.1. The second kappa shape index (κ2) is 9.13. The van der Waals surface area contributed by atoms with Crippen molar-refractivity contribution >= 4 is 11.4 Å². The van der Waals surface area contributed by atoms with Crippen LogP contribution in [0.4, 0.5) is 11.4 Å². The van der Waals surface area contributed by atoms with Gasteiger partial charge in [0.2, 0.25) is 0 Å². The summed E-state index contributed by atoms with van der Waals surface area (Å²) in [4.78, 5) is 7.91. The summed E-state index contributed by atoms with van der Waals surface area (Å²) in [6.45, 7) is 20.8. The van der Waals surface area contributed by atoms with Crippen molar-refractivity contribution in [1.29, 1.82) is 0 Å². The smallest absolute Gasteiger partial charge is 0.0610 e. The molecule has 32 heavy (non-hydrogen) atoms. The first-order valence-corrected chi connectivity index (χ1v) is 12.7. The molecule has 0 fully saturated rings. The van der Waals surface area contributed by atoms with Crippen LogP contribution in [0.1, 0.15) is 83.5 Å². The van der Waals surface area contributed by atoms with Crippen LogP contribution in [-0.4, -0.2) is 47.7 Å². The van der Waals surface area contributed by atoms with Crippen molar-refractivity contribution < 1.29 is 0 Å². The van der Waals surface area contributed by atoms with E-state index in [1.807, 2.05) is 0 Å². The number of nitrogens with zero attached hydrogens (tertiary/aromatic N) is 4. The first-order valence-electron chi connectivity index (χ1n) is 12.7. The van der Waals surface area contributed by atoms with Gasteiger partial charge in [-0.3, -0.25) is 4.90 Å². The highest BCUT2D eigenvalue weighted by Gasteiger charge is 2.33. The molecule has 0 spiro atoms. The Hall–Kier alpha value is -1.94. The number of rotatable bonds is 6. The molecule has 4 nitrogen and oxygen atoms in total. The molecule has 1 aromatic heterocycles. The monoisotopic (exact) mass is 436 g/mol. The second-order valence-electron chi connectivity index (χ2n) is 11.0. The number of aromatic nitrogens is 1. The summed E-state index contributed by atoms with van der Waals surface area (Å²) >= 11 is 0. The Kier molecular flexibility index (Phi) is 6.63. The molecule has 2 atom stereocenters. The van der Waals surface area contributed by atoms with E-state index in [1.165, 1.54) is 34.6 Å². The molecule has 1 aromatic carbocycles. The molecule has 0 N–H and O–H groups in total. The van der Waals surface area contributed by atoms with Gasteiger partial charge >= 0.3 is 0 Å². The van der Waals surface area contributed by atoms with Gasteiger partial charge in [0, 0.05) is 63.2 Å². The maximum absolute atomic E-state index is 2.71. The minimum atomic E-state index is 0.509. The number of fused-ring (bicyclic) bond motifs is 2. The number of anilines is 2. The lowest BCUT2D eigenvalue weighted by Crippen LogP contribution is -2.52. The van der Waals surface area contributed by atoms with E-state index in [1.54, 1.807) is 0 Å². The lowest BCUT2D eigenvalue weighted by molar-refractivity contribution is 0.151. The fourth-order valence-corrected chi connectivity index (χ4v) is 5.66. The molecule has 0 amide bonds. The van der Waals surface area contributed by atoms with Crippen LogP contribution < -0.4 is 9.80 Å². The minimum Gasteiger partial charge on any atom is -0.368 e. The molecule has 3 heterocycles. The molecule has 2 aliphatic rings. The topological polar surface area (TPSA) is 14.7 Å². The van der Waals surface area contributed by atoms with Crippen LogP contribution in [0.5, 0.6) is 0 Å². The van der Waals surface area contributed by atoms with Crippen molar-refractivity contribution in [2.45, 2.75) is 97.9 Å². The quantitative estimate of drug-likeness (QED) is 0.547. The van der Waals surface area contributed by atoms with Crippen molar-refractivity contribution in [2.24, 2.45) is 0 Å². The normalized spacial score (nSPS) is 20.3. The van der Waals surface area contributed by atoms with Gasteiger partial charge in [0.05, 0.1) is 11.4 Å². The van der Waals surface area contributed by atoms with Gasteiger partial charge in [0.15, 0.2) is 0 Å². The van der Waals surface area contributed by atoms with E-state index in [0.29, 0.717) is 30.0 Å². The zero-order chi connectivity index (χ0) is 23.2. The van der Waals surface area contributed by atoms with Crippen LogP contribution in [0, 0.1) is 0 Å². The van der Waals surface area contributed by atoms with Gasteiger partial charge in [-0.05, 0) is 68.4 Å². The van der Waals surface area contributed by atoms with Gasteiger partial charge in [0.25, 0.3) is 0 Å². The van der Waals surface area contributed by atoms with Crippen molar-refractivity contribution in [3.05, 3.63) is 47.3 Å². The largest absolute Gasteiger partial charge is 0.368 e. The van der Waals surface area contributed by atoms with E-state index >= 15 is 0 Å². The Morgan fingerprint density at radius 1 is 0.906 bits per heavy atom. The third-order valence-electron chi connectivity index (χ3n) is 7.89. The molecule has 0 saturated carbocycles. The number of hydrogen-bond acceptors (Lipinski definition) is 3. The second-order valence-corrected chi connectivity index (χ2v) is 11.0. The zero-order valence-electron chi connectivity index (χ0n) is 21.6. The fourth-order valence-electron chi connectivity index (χ4n) is 5.66. The molecule has 0 bridgehead atoms. The predicted octanol–water partition coefficient (Wildman–Crippen LogP) is 6.06. The van der Waals surface area contributed by atoms with Crippen LogP contribution >= 0.6 is 0 Å². The van der Waals surface area contributed by atoms with Crippen molar-refractivity contribution in [3.8, 4) is 0 Å². The van der Waals surface area contributed by atoms with E-state index in [4.69, 9.17) is 0 Å². The van der Waals surface area contributed by atoms with E-state index < -0.39 is 0 Å². The van der Waals surface area contributed by atoms with Gasteiger partial charge in [-0.15, -0.1) is 0 Å². The van der Waals surface area contributed by atoms with E-state index in [-0.39, 0.29) is 0 Å². The molecule has 2 aromatic rings. The van der Waals surface area contributed by atoms with E-state index in [0.717, 1.165) is 26.2 Å². The average molecular weight is 437 g/mol. The first-order chi connectivity index (χ1) is 15.2. The SMILES string of the molecule is CC(C)c1ccc2c(c1)N(C(C)C)CC(CC(C)N1CCn3ccc(C(C)C)c3C1)N2C. The summed E-state index contributed by atoms with van der Waals surface area (Å²) in [5.74, 6) is 1.16. The van der Waals surface area contributed by atoms with E-state index in [2.05, 4.69) is 105 Å². The molecule has 0 aliphatic carbocycles. The molecule has 0 saturated heterocycles. The van der Waals surface area contributed by atoms with Gasteiger partial charge in [-0.1, -0.05) is 33.8 Å². The van der Waals surface area contributed by atoms with Crippen molar-refractivity contribution in [3.63, 3.8) is 0 Å². The van der Waals surface area contributed by atoms with E-state index in [9.17, 15) is 0 Å². The third-order valence-corrected chi connectivity index (χ3v) is 7.89. The van der Waals surface area contributed by atoms with Crippen LogP contribution in [-0.2, 0) is 13.1 Å². The molecule has 2 aliphatic heterocycles. The Morgan fingerprint density at radius 3 is 2.31 bits per heavy atom. The minimum absolute atomic E-state index is 0.509. The maximum Gasteiger partial charge on any atom is 0.0610 e. The molecule has 4 heteroatoms. The van der Waals surface area contributed by atoms with Gasteiger partial charge in [0.1, 0.15) is 0 Å². The summed E-state index contributed by atoms with van der Waals surface area (Å²) in [6.07, 6.45) is 3.49. The molecule has 176 valence electrons. The summed E-state index contributed by atoms with van der Waals surface area (Å²) < 4.78 is 2.48. The van der Waals surface area contributed by atoms with Gasteiger partial charge in [-0.2, -0.15) is 0 Å². The zero-order valence-corrected chi connectivity index (χ0v) is 21.6. The van der Waals surface area contributed by atoms with Crippen LogP contribution in [0.2, 0.25) is 0 Å². The highest BCUT2D eigenvalue weighted by Crippen LogP contribution is 2.39. The molecule has 2 unspecified atom stereocenters. The molecular weight excluding hydrogens is 392 g/mol. The number of benzene rings is 1. The highest BCUT2D eigenvalue weighted by molar-refractivity contribution is 5.75. The fraction of sp³-hybridized carbons (Fsp3) is 0.643. The predicted molar refractivity (Wildman–Crippen MR) is 138 cm³/mol. The Balaban J connectivity index is 1.52. The average Bonchev–Trinajstić information content (AvgIpc) is 3.18. The molecular formula is C28H44N4. The Morgan fingerprint density at radius 2 is 1.66 bits per heavy atom. The lowest BCUT2D eigenvalue weighted by atomic mass is 9.95. The Bertz CT molecular complexity index is 926. The van der Waals surface area contributed by atoms with Gasteiger partial charge < -0.3 is 14.4 Å². The summed E-state index contributed by atoms with van der Waals surface area (Å²) in [5.41, 5.74) is 7.30. The van der Waals surface area contributed by atoms with Crippen molar-refractivity contribution in [2.75, 3.05) is 29.9 Å². The van der Waals surface area contributed by atoms with Gasteiger partial charge in [-0.25, -0.2) is 0 Å². The first kappa shape index (κ1) is 23.2. The molecule has 0 radical (unpaired) electrons. The standard InChI is InChI=1S/C28H44N4/c1-19(2)23-9-10-26-27(16-23)32(21(5)6)17-24(29(26)8)15-22(7)31-14-13-30-12-11-25(20(3)4)28(30)18-31/h9-12,16,19-22,24H,13-15,17-18H2,1-8H3. The maximum atomic E-state index is 2.71. The molecule has 4 rings (SSSR count). The summed E-state index contributed by atoms with van der Waals surface area (Å²) in [5, 5.41) is 0.